The van der Waals surface area contributed by atoms with Gasteiger partial charge >= 0.3 is 24.0 Å². The molecule has 172 valence electrons. The molecule has 2 aromatic rings. The van der Waals surface area contributed by atoms with Gasteiger partial charge < -0.3 is 4.74 Å². The summed E-state index contributed by atoms with van der Waals surface area (Å²) < 4.78 is 97.5. The van der Waals surface area contributed by atoms with Crippen LogP contribution < -0.4 is 0 Å². The van der Waals surface area contributed by atoms with Crippen molar-refractivity contribution in [3.63, 3.8) is 0 Å². The maximum atomic E-state index is 14.1. The molecule has 2 rings (SSSR count). The number of ether oxygens (including phenoxy) is 1. The Balaban J connectivity index is 2.29. The summed E-state index contributed by atoms with van der Waals surface area (Å²) in [5.74, 6) is -12.5. The third-order valence-electron chi connectivity index (χ3n) is 4.60. The monoisotopic (exact) mass is 461 g/mol. The van der Waals surface area contributed by atoms with Crippen molar-refractivity contribution in [2.45, 2.75) is 31.0 Å². The van der Waals surface area contributed by atoms with E-state index in [9.17, 15) is 35.5 Å². The maximum Gasteiger partial charge on any atom is 0.460 e. The molecule has 0 fully saturated rings. The second-order valence-electron chi connectivity index (χ2n) is 6.70. The standard InChI is InChI=1S/C22H18F7NO2/c1-4-18(31)32-13(2)14-5-7-15(8-6-14)16-9-11-17(12-10-16)19(30-3)20(23,24)21(25,26)22(27,28)29/h4-13H,1H2,2-3H3. The van der Waals surface area contributed by atoms with Crippen LogP contribution in [0.25, 0.3) is 11.1 Å². The molecule has 0 aliphatic carbocycles. The molecule has 2 aromatic carbocycles. The van der Waals surface area contributed by atoms with Gasteiger partial charge in [0.1, 0.15) is 11.8 Å². The normalized spacial score (nSPS) is 14.1. The van der Waals surface area contributed by atoms with Crippen molar-refractivity contribution in [1.82, 2.24) is 0 Å². The van der Waals surface area contributed by atoms with Crippen LogP contribution in [0.15, 0.2) is 66.2 Å². The number of alkyl halides is 7. The van der Waals surface area contributed by atoms with Crippen LogP contribution in [-0.2, 0) is 9.53 Å². The highest BCUT2D eigenvalue weighted by molar-refractivity contribution is 6.06. The van der Waals surface area contributed by atoms with Gasteiger partial charge in [-0.25, -0.2) is 4.79 Å². The molecule has 10 heteroatoms. The molecular formula is C22H18F7NO2. The first-order chi connectivity index (χ1) is 14.8. The summed E-state index contributed by atoms with van der Waals surface area (Å²) in [4.78, 5) is 14.3. The molecule has 1 atom stereocenters. The Labute approximate surface area is 179 Å². The molecule has 3 nitrogen and oxygen atoms in total. The van der Waals surface area contributed by atoms with E-state index in [1.807, 2.05) is 0 Å². The molecule has 0 aromatic heterocycles. The van der Waals surface area contributed by atoms with Crippen molar-refractivity contribution in [3.8, 4) is 11.1 Å². The second kappa shape index (κ2) is 9.13. The summed E-state index contributed by atoms with van der Waals surface area (Å²) in [5, 5.41) is 0. The number of hydrogen-bond acceptors (Lipinski definition) is 3. The zero-order valence-electron chi connectivity index (χ0n) is 16.9. The third kappa shape index (κ3) is 4.84. The van der Waals surface area contributed by atoms with E-state index < -0.39 is 41.4 Å². The lowest BCUT2D eigenvalue weighted by Crippen LogP contribution is -2.56. The molecule has 1 unspecified atom stereocenters. The Morgan fingerprint density at radius 1 is 0.938 bits per heavy atom. The zero-order chi connectivity index (χ0) is 24.3. The topological polar surface area (TPSA) is 38.7 Å². The van der Waals surface area contributed by atoms with Crippen LogP contribution in [0.2, 0.25) is 0 Å². The number of carbonyl (C=O) groups is 1. The van der Waals surface area contributed by atoms with Crippen molar-refractivity contribution < 1.29 is 40.3 Å². The first-order valence-corrected chi connectivity index (χ1v) is 9.09. The zero-order valence-corrected chi connectivity index (χ0v) is 16.9. The first kappa shape index (κ1) is 25.1. The van der Waals surface area contributed by atoms with Crippen LogP contribution in [0.5, 0.6) is 0 Å². The minimum Gasteiger partial charge on any atom is -0.455 e. The Hall–Kier alpha value is -3.17. The van der Waals surface area contributed by atoms with Crippen LogP contribution in [0, 0.1) is 0 Å². The fraction of sp³-hybridized carbons (Fsp3) is 0.273. The van der Waals surface area contributed by atoms with E-state index in [0.29, 0.717) is 23.7 Å². The van der Waals surface area contributed by atoms with E-state index in [0.717, 1.165) is 18.2 Å². The lowest BCUT2D eigenvalue weighted by atomic mass is 9.96. The quantitative estimate of drug-likeness (QED) is 0.207. The number of halogens is 7. The number of rotatable bonds is 7. The van der Waals surface area contributed by atoms with Gasteiger partial charge in [-0.15, -0.1) is 0 Å². The van der Waals surface area contributed by atoms with E-state index in [1.165, 1.54) is 12.1 Å². The molecule has 0 aliphatic heterocycles. The SMILES string of the molecule is C=CC(=O)OC(C)c1ccc(-c2ccc(C(=NC)C(F)(F)C(F)(F)C(F)(F)F)cc2)cc1. The average molecular weight is 461 g/mol. The van der Waals surface area contributed by atoms with Gasteiger partial charge in [0.15, 0.2) is 0 Å². The molecule has 0 amide bonds. The molecule has 0 spiro atoms. The molecule has 0 saturated carbocycles. The average Bonchev–Trinajstić information content (AvgIpc) is 2.73. The van der Waals surface area contributed by atoms with Crippen LogP contribution in [0.4, 0.5) is 30.7 Å². The highest BCUT2D eigenvalue weighted by Gasteiger charge is 2.74. The summed E-state index contributed by atoms with van der Waals surface area (Å²) in [5.41, 5.74) is -0.511. The number of carbonyl (C=O) groups excluding carboxylic acids is 1. The van der Waals surface area contributed by atoms with Crippen LogP contribution in [0.3, 0.4) is 0 Å². The van der Waals surface area contributed by atoms with Crippen LogP contribution >= 0.6 is 0 Å². The van der Waals surface area contributed by atoms with Crippen molar-refractivity contribution in [3.05, 3.63) is 72.3 Å². The van der Waals surface area contributed by atoms with Gasteiger partial charge in [0, 0.05) is 18.7 Å². The summed E-state index contributed by atoms with van der Waals surface area (Å²) in [6.45, 7) is 4.95. The van der Waals surface area contributed by atoms with E-state index in [2.05, 4.69) is 11.6 Å². The molecule has 0 aliphatic rings. The predicted molar refractivity (Wildman–Crippen MR) is 105 cm³/mol. The van der Waals surface area contributed by atoms with Gasteiger partial charge in [-0.05, 0) is 23.6 Å². The van der Waals surface area contributed by atoms with Gasteiger partial charge in [-0.1, -0.05) is 55.1 Å². The summed E-state index contributed by atoms with van der Waals surface area (Å²) in [6.07, 6.45) is -5.99. The maximum absolute atomic E-state index is 14.1. The highest BCUT2D eigenvalue weighted by Crippen LogP contribution is 2.48. The largest absolute Gasteiger partial charge is 0.460 e. The number of aliphatic imine (C=N–C) groups is 1. The smallest absolute Gasteiger partial charge is 0.455 e. The highest BCUT2D eigenvalue weighted by atomic mass is 19.4. The number of benzene rings is 2. The van der Waals surface area contributed by atoms with Crippen molar-refractivity contribution >= 4 is 11.7 Å². The lowest BCUT2D eigenvalue weighted by molar-refractivity contribution is -0.336. The Morgan fingerprint density at radius 3 is 1.81 bits per heavy atom. The number of hydrogen-bond donors (Lipinski definition) is 0. The lowest BCUT2D eigenvalue weighted by Gasteiger charge is -2.29. The van der Waals surface area contributed by atoms with E-state index in [-0.39, 0.29) is 0 Å². The Bertz CT molecular complexity index is 994. The molecule has 0 N–H and O–H groups in total. The molecule has 32 heavy (non-hydrogen) atoms. The molecule has 0 heterocycles. The Kier molecular flexibility index (Phi) is 7.16. The third-order valence-corrected chi connectivity index (χ3v) is 4.60. The Morgan fingerprint density at radius 2 is 1.41 bits per heavy atom. The van der Waals surface area contributed by atoms with Crippen molar-refractivity contribution in [2.24, 2.45) is 4.99 Å². The number of esters is 1. The molecule has 0 radical (unpaired) electrons. The van der Waals surface area contributed by atoms with E-state index >= 15 is 0 Å². The summed E-state index contributed by atoms with van der Waals surface area (Å²) in [7, 11) is 0.711. The van der Waals surface area contributed by atoms with Gasteiger partial charge in [-0.3, -0.25) is 4.99 Å². The summed E-state index contributed by atoms with van der Waals surface area (Å²) in [6, 6.07) is 11.1. The fourth-order valence-corrected chi connectivity index (χ4v) is 2.84. The minimum atomic E-state index is -6.45. The first-order valence-electron chi connectivity index (χ1n) is 9.09. The molecular weight excluding hydrogens is 443 g/mol. The second-order valence-corrected chi connectivity index (χ2v) is 6.70. The van der Waals surface area contributed by atoms with Gasteiger partial charge in [0.05, 0.1) is 0 Å². The molecule has 0 saturated heterocycles. The van der Waals surface area contributed by atoms with Gasteiger partial charge in [0.2, 0.25) is 0 Å². The van der Waals surface area contributed by atoms with Crippen molar-refractivity contribution in [2.75, 3.05) is 7.05 Å². The summed E-state index contributed by atoms with van der Waals surface area (Å²) >= 11 is 0. The predicted octanol–water partition coefficient (Wildman–Crippen LogP) is 6.40. The van der Waals surface area contributed by atoms with Crippen LogP contribution in [-0.4, -0.2) is 36.8 Å². The van der Waals surface area contributed by atoms with E-state index in [4.69, 9.17) is 4.74 Å². The van der Waals surface area contributed by atoms with E-state index in [1.54, 1.807) is 31.2 Å². The van der Waals surface area contributed by atoms with Gasteiger partial charge in [0.25, 0.3) is 0 Å². The fourth-order valence-electron chi connectivity index (χ4n) is 2.84. The van der Waals surface area contributed by atoms with Crippen LogP contribution in [0.1, 0.15) is 24.2 Å². The van der Waals surface area contributed by atoms with Gasteiger partial charge in [-0.2, -0.15) is 30.7 Å². The van der Waals surface area contributed by atoms with Crippen molar-refractivity contribution in [1.29, 1.82) is 0 Å². The minimum absolute atomic E-state index is 0.484. The molecule has 0 bridgehead atoms. The number of nitrogens with zero attached hydrogens (tertiary/aromatic N) is 1.